The minimum absolute atomic E-state index is 0.758. The van der Waals surface area contributed by atoms with Crippen LogP contribution in [-0.4, -0.2) is 44.8 Å². The van der Waals surface area contributed by atoms with Crippen LogP contribution >= 0.6 is 0 Å². The number of rotatable bonds is 2. The number of anilines is 3. The van der Waals surface area contributed by atoms with Crippen molar-refractivity contribution < 1.29 is 0 Å². The van der Waals surface area contributed by atoms with E-state index < -0.39 is 0 Å². The molecule has 7 nitrogen and oxygen atoms in total. The lowest BCUT2D eigenvalue weighted by atomic mass is 10.1. The molecule has 0 aromatic carbocycles. The summed E-state index contributed by atoms with van der Waals surface area (Å²) in [4.78, 5) is 18.5. The van der Waals surface area contributed by atoms with Gasteiger partial charge in [0.2, 0.25) is 0 Å². The Balaban J connectivity index is 1.53. The van der Waals surface area contributed by atoms with Crippen molar-refractivity contribution in [2.75, 3.05) is 29.4 Å². The number of hydrogen-bond donors (Lipinski definition) is 1. The largest absolute Gasteiger partial charge is 0.355 e. The normalized spacial score (nSPS) is 17.8. The van der Waals surface area contributed by atoms with Crippen LogP contribution in [0.5, 0.6) is 0 Å². The number of aryl methyl sites for hydroxylation is 1. The summed E-state index contributed by atoms with van der Waals surface area (Å²) in [7, 11) is 0. The lowest BCUT2D eigenvalue weighted by Gasteiger charge is -2.28. The molecule has 0 amide bonds. The van der Waals surface area contributed by atoms with E-state index in [1.54, 1.807) is 0 Å². The molecule has 0 saturated carbocycles. The molecule has 1 saturated heterocycles. The fourth-order valence-corrected chi connectivity index (χ4v) is 3.86. The predicted octanol–water partition coefficient (Wildman–Crippen LogP) is 2.82. The van der Waals surface area contributed by atoms with Gasteiger partial charge in [-0.2, -0.15) is 5.10 Å². The van der Waals surface area contributed by atoms with Gasteiger partial charge < -0.3 is 9.80 Å². The van der Waals surface area contributed by atoms with Crippen molar-refractivity contribution in [3.05, 3.63) is 30.2 Å². The lowest BCUT2D eigenvalue weighted by Crippen LogP contribution is -2.30. The molecule has 128 valence electrons. The standard InChI is InChI=1S/C18H21N7/c1-2-9-24(10-3-1)15-12-20-16-17(21-15)22-23-18(16)25-11-5-6-13-14(25)7-4-8-19-13/h4,7-8,12H,1-3,5-6,9-11H2,(H,21,22,23). The zero-order chi connectivity index (χ0) is 16.6. The van der Waals surface area contributed by atoms with Crippen LogP contribution in [0.15, 0.2) is 24.5 Å². The molecule has 2 aliphatic heterocycles. The molecular formula is C18H21N7. The van der Waals surface area contributed by atoms with Gasteiger partial charge in [-0.25, -0.2) is 9.97 Å². The van der Waals surface area contributed by atoms with E-state index in [1.165, 1.54) is 19.3 Å². The molecule has 25 heavy (non-hydrogen) atoms. The van der Waals surface area contributed by atoms with E-state index in [1.807, 2.05) is 18.5 Å². The Hall–Kier alpha value is -2.70. The van der Waals surface area contributed by atoms with Crippen molar-refractivity contribution in [2.24, 2.45) is 0 Å². The Morgan fingerprint density at radius 3 is 2.84 bits per heavy atom. The van der Waals surface area contributed by atoms with Gasteiger partial charge in [-0.3, -0.25) is 10.1 Å². The third kappa shape index (κ3) is 2.50. The fraction of sp³-hybridized carbons (Fsp3) is 0.444. The van der Waals surface area contributed by atoms with Crippen LogP contribution in [0.1, 0.15) is 31.4 Å². The average Bonchev–Trinajstić information content (AvgIpc) is 3.11. The first kappa shape index (κ1) is 14.6. The predicted molar refractivity (Wildman–Crippen MR) is 97.3 cm³/mol. The van der Waals surface area contributed by atoms with E-state index in [9.17, 15) is 0 Å². The van der Waals surface area contributed by atoms with Gasteiger partial charge in [0.1, 0.15) is 5.82 Å². The van der Waals surface area contributed by atoms with Crippen molar-refractivity contribution in [2.45, 2.75) is 32.1 Å². The minimum atomic E-state index is 0.758. The van der Waals surface area contributed by atoms with Gasteiger partial charge in [0.15, 0.2) is 17.0 Å². The van der Waals surface area contributed by atoms with E-state index in [0.717, 1.165) is 66.7 Å². The van der Waals surface area contributed by atoms with E-state index >= 15 is 0 Å². The summed E-state index contributed by atoms with van der Waals surface area (Å²) in [6.07, 6.45) is 9.59. The van der Waals surface area contributed by atoms with Crippen molar-refractivity contribution in [3.8, 4) is 0 Å². The molecule has 3 aromatic rings. The van der Waals surface area contributed by atoms with Crippen LogP contribution in [0.2, 0.25) is 0 Å². The summed E-state index contributed by atoms with van der Waals surface area (Å²) in [5.41, 5.74) is 3.85. The molecule has 7 heteroatoms. The highest BCUT2D eigenvalue weighted by Gasteiger charge is 2.24. The van der Waals surface area contributed by atoms with Crippen LogP contribution in [0.25, 0.3) is 11.2 Å². The quantitative estimate of drug-likeness (QED) is 0.776. The van der Waals surface area contributed by atoms with Crippen molar-refractivity contribution in [1.82, 2.24) is 25.1 Å². The maximum atomic E-state index is 4.77. The number of nitrogens with one attached hydrogen (secondary N) is 1. The first-order valence-electron chi connectivity index (χ1n) is 9.08. The van der Waals surface area contributed by atoms with Crippen molar-refractivity contribution in [3.63, 3.8) is 0 Å². The van der Waals surface area contributed by atoms with E-state index in [2.05, 4.69) is 31.0 Å². The topological polar surface area (TPSA) is 73.8 Å². The zero-order valence-corrected chi connectivity index (χ0v) is 14.1. The Bertz CT molecular complexity index is 897. The maximum absolute atomic E-state index is 4.77. The highest BCUT2D eigenvalue weighted by molar-refractivity contribution is 5.87. The Morgan fingerprint density at radius 1 is 1.00 bits per heavy atom. The van der Waals surface area contributed by atoms with Gasteiger partial charge in [0.05, 0.1) is 17.6 Å². The van der Waals surface area contributed by atoms with Gasteiger partial charge in [-0.15, -0.1) is 0 Å². The summed E-state index contributed by atoms with van der Waals surface area (Å²) in [5.74, 6) is 1.80. The third-order valence-electron chi connectivity index (χ3n) is 5.13. The summed E-state index contributed by atoms with van der Waals surface area (Å²) in [6.45, 7) is 3.05. The number of aromatic nitrogens is 5. The number of hydrogen-bond acceptors (Lipinski definition) is 6. The summed E-state index contributed by atoms with van der Waals surface area (Å²) < 4.78 is 0. The van der Waals surface area contributed by atoms with E-state index in [0.29, 0.717) is 0 Å². The Morgan fingerprint density at radius 2 is 1.92 bits per heavy atom. The molecule has 0 unspecified atom stereocenters. The molecule has 5 rings (SSSR count). The second-order valence-electron chi connectivity index (χ2n) is 6.74. The van der Waals surface area contributed by atoms with Gasteiger partial charge in [-0.05, 0) is 44.2 Å². The van der Waals surface area contributed by atoms with Crippen LogP contribution < -0.4 is 9.80 Å². The van der Waals surface area contributed by atoms with Gasteiger partial charge in [0.25, 0.3) is 0 Å². The second-order valence-corrected chi connectivity index (χ2v) is 6.74. The highest BCUT2D eigenvalue weighted by Crippen LogP contribution is 2.34. The van der Waals surface area contributed by atoms with E-state index in [-0.39, 0.29) is 0 Å². The minimum Gasteiger partial charge on any atom is -0.355 e. The van der Waals surface area contributed by atoms with Gasteiger partial charge in [0, 0.05) is 25.8 Å². The summed E-state index contributed by atoms with van der Waals surface area (Å²) in [6, 6.07) is 4.09. The SMILES string of the molecule is c1cnc2c(c1)N(c1n[nH]c3nc(N4CCCCC4)cnc13)CCC2. The van der Waals surface area contributed by atoms with Crippen molar-refractivity contribution >= 4 is 28.5 Å². The highest BCUT2D eigenvalue weighted by atomic mass is 15.3. The maximum Gasteiger partial charge on any atom is 0.183 e. The second kappa shape index (κ2) is 5.98. The van der Waals surface area contributed by atoms with Crippen molar-refractivity contribution in [1.29, 1.82) is 0 Å². The van der Waals surface area contributed by atoms with Crippen LogP contribution in [0.4, 0.5) is 17.3 Å². The molecule has 2 aliphatic rings. The monoisotopic (exact) mass is 335 g/mol. The van der Waals surface area contributed by atoms with Gasteiger partial charge in [-0.1, -0.05) is 0 Å². The first-order valence-corrected chi connectivity index (χ1v) is 9.08. The molecule has 0 bridgehead atoms. The van der Waals surface area contributed by atoms with Crippen LogP contribution in [0.3, 0.4) is 0 Å². The number of aromatic amines is 1. The fourth-order valence-electron chi connectivity index (χ4n) is 3.86. The van der Waals surface area contributed by atoms with E-state index in [4.69, 9.17) is 9.97 Å². The van der Waals surface area contributed by atoms with Gasteiger partial charge >= 0.3 is 0 Å². The lowest BCUT2D eigenvalue weighted by molar-refractivity contribution is 0.573. The third-order valence-corrected chi connectivity index (χ3v) is 5.13. The first-order chi connectivity index (χ1) is 12.4. The molecular weight excluding hydrogens is 314 g/mol. The molecule has 0 spiro atoms. The van der Waals surface area contributed by atoms with Crippen LogP contribution in [-0.2, 0) is 6.42 Å². The number of fused-ring (bicyclic) bond motifs is 2. The molecule has 0 atom stereocenters. The molecule has 5 heterocycles. The average molecular weight is 335 g/mol. The Kier molecular flexibility index (Phi) is 3.50. The molecule has 3 aromatic heterocycles. The number of H-pyrrole nitrogens is 1. The Labute approximate surface area is 146 Å². The molecule has 1 fully saturated rings. The molecule has 1 N–H and O–H groups in total. The smallest absolute Gasteiger partial charge is 0.183 e. The summed E-state index contributed by atoms with van der Waals surface area (Å²) in [5, 5.41) is 7.62. The number of piperidine rings is 1. The number of pyridine rings is 1. The van der Waals surface area contributed by atoms with Crippen LogP contribution in [0, 0.1) is 0 Å². The molecule has 0 radical (unpaired) electrons. The molecule has 0 aliphatic carbocycles. The number of nitrogens with zero attached hydrogens (tertiary/aromatic N) is 6. The summed E-state index contributed by atoms with van der Waals surface area (Å²) >= 11 is 0. The zero-order valence-electron chi connectivity index (χ0n) is 14.1.